The van der Waals surface area contributed by atoms with E-state index in [2.05, 4.69) is 5.32 Å². The topological polar surface area (TPSA) is 66.5 Å². The van der Waals surface area contributed by atoms with Gasteiger partial charge in [-0.25, -0.2) is 13.2 Å². The molecule has 0 atom stereocenters. The number of carbonyl (C=O) groups excluding carboxylic acids is 3. The number of thioether (sulfide) groups is 1. The van der Waals surface area contributed by atoms with Crippen LogP contribution < -0.4 is 5.32 Å². The normalized spacial score (nSPS) is 15.3. The number of hydrogen-bond acceptors (Lipinski definition) is 4. The van der Waals surface area contributed by atoms with E-state index in [1.807, 2.05) is 31.2 Å². The Bertz CT molecular complexity index is 999. The van der Waals surface area contributed by atoms with Crippen LogP contribution in [0.5, 0.6) is 0 Å². The molecule has 150 valence electrons. The van der Waals surface area contributed by atoms with E-state index >= 15 is 0 Å². The van der Waals surface area contributed by atoms with Crippen molar-refractivity contribution in [1.29, 1.82) is 0 Å². The van der Waals surface area contributed by atoms with E-state index in [9.17, 15) is 27.6 Å². The molecule has 0 aromatic heterocycles. The molecule has 1 heterocycles. The van der Waals surface area contributed by atoms with E-state index in [1.54, 1.807) is 6.08 Å². The summed E-state index contributed by atoms with van der Waals surface area (Å²) in [5.41, 5.74) is 1.43. The fourth-order valence-electron chi connectivity index (χ4n) is 2.58. The van der Waals surface area contributed by atoms with E-state index in [-0.39, 0.29) is 18.0 Å². The first-order valence-corrected chi connectivity index (χ1v) is 9.32. The van der Waals surface area contributed by atoms with Crippen LogP contribution in [0.1, 0.15) is 21.5 Å². The maximum atomic E-state index is 13.2. The fraction of sp³-hybridized carbons (Fsp3) is 0.150. The first-order chi connectivity index (χ1) is 13.8. The highest BCUT2D eigenvalue weighted by molar-refractivity contribution is 8.18. The second kappa shape index (κ2) is 8.52. The lowest BCUT2D eigenvalue weighted by molar-refractivity contribution is -0.122. The zero-order chi connectivity index (χ0) is 21.1. The second-order valence-electron chi connectivity index (χ2n) is 6.25. The van der Waals surface area contributed by atoms with Crippen LogP contribution in [-0.2, 0) is 4.79 Å². The van der Waals surface area contributed by atoms with Gasteiger partial charge in [-0.1, -0.05) is 29.8 Å². The molecule has 0 saturated carbocycles. The molecule has 5 nitrogen and oxygen atoms in total. The Labute approximate surface area is 168 Å². The Morgan fingerprint density at radius 1 is 1.10 bits per heavy atom. The molecular formula is C20H15F3N2O3S. The van der Waals surface area contributed by atoms with E-state index in [1.165, 1.54) is 0 Å². The van der Waals surface area contributed by atoms with Crippen LogP contribution in [0.2, 0.25) is 0 Å². The van der Waals surface area contributed by atoms with Crippen molar-refractivity contribution in [2.45, 2.75) is 6.92 Å². The molecule has 0 radical (unpaired) electrons. The summed E-state index contributed by atoms with van der Waals surface area (Å²) in [7, 11) is 0. The molecule has 2 aromatic rings. The third-order valence-electron chi connectivity index (χ3n) is 4.12. The van der Waals surface area contributed by atoms with Crippen molar-refractivity contribution >= 4 is 34.9 Å². The fourth-order valence-corrected chi connectivity index (χ4v) is 3.44. The number of benzene rings is 2. The quantitative estimate of drug-likeness (QED) is 0.589. The molecule has 1 aliphatic rings. The number of hydrogen-bond donors (Lipinski definition) is 1. The van der Waals surface area contributed by atoms with Crippen LogP contribution in [0.15, 0.2) is 41.3 Å². The Morgan fingerprint density at radius 2 is 1.72 bits per heavy atom. The number of carbonyl (C=O) groups is 3. The van der Waals surface area contributed by atoms with Crippen molar-refractivity contribution in [3.63, 3.8) is 0 Å². The average Bonchev–Trinajstić information content (AvgIpc) is 2.94. The molecule has 1 fully saturated rings. The number of imide groups is 1. The summed E-state index contributed by atoms with van der Waals surface area (Å²) in [6.45, 7) is 1.68. The van der Waals surface area contributed by atoms with Crippen LogP contribution in [0.3, 0.4) is 0 Å². The molecule has 29 heavy (non-hydrogen) atoms. The molecule has 0 unspecified atom stereocenters. The summed E-state index contributed by atoms with van der Waals surface area (Å²) in [4.78, 5) is 37.7. The lowest BCUT2D eigenvalue weighted by Crippen LogP contribution is -2.37. The minimum Gasteiger partial charge on any atom is -0.350 e. The zero-order valence-corrected chi connectivity index (χ0v) is 16.0. The standard InChI is InChI=1S/C20H15F3N2O3S/c1-11-2-4-12(5-3-11)8-16-19(27)25(20(28)29-16)7-6-24-18(26)13-9-14(21)17(23)15(22)10-13/h2-5,8-10H,6-7H2,1H3,(H,24,26). The first kappa shape index (κ1) is 20.7. The van der Waals surface area contributed by atoms with Gasteiger partial charge in [-0.3, -0.25) is 19.3 Å². The molecule has 1 N–H and O–H groups in total. The summed E-state index contributed by atoms with van der Waals surface area (Å²) in [6, 6.07) is 8.55. The van der Waals surface area contributed by atoms with Gasteiger partial charge in [-0.15, -0.1) is 0 Å². The molecule has 9 heteroatoms. The summed E-state index contributed by atoms with van der Waals surface area (Å²) >= 11 is 0.787. The molecule has 1 saturated heterocycles. The second-order valence-corrected chi connectivity index (χ2v) is 7.25. The lowest BCUT2D eigenvalue weighted by Gasteiger charge is -2.13. The van der Waals surface area contributed by atoms with E-state index < -0.39 is 40.1 Å². The monoisotopic (exact) mass is 420 g/mol. The van der Waals surface area contributed by atoms with Gasteiger partial charge in [0, 0.05) is 18.7 Å². The Morgan fingerprint density at radius 3 is 2.34 bits per heavy atom. The van der Waals surface area contributed by atoms with E-state index in [0.29, 0.717) is 12.1 Å². The van der Waals surface area contributed by atoms with Crippen molar-refractivity contribution < 1.29 is 27.6 Å². The number of nitrogens with zero attached hydrogens (tertiary/aromatic N) is 1. The first-order valence-electron chi connectivity index (χ1n) is 8.51. The summed E-state index contributed by atoms with van der Waals surface area (Å²) < 4.78 is 39.4. The van der Waals surface area contributed by atoms with Crippen molar-refractivity contribution in [1.82, 2.24) is 10.2 Å². The molecular weight excluding hydrogens is 405 g/mol. The van der Waals surface area contributed by atoms with Gasteiger partial charge in [0.25, 0.3) is 17.1 Å². The maximum absolute atomic E-state index is 13.2. The van der Waals surface area contributed by atoms with Gasteiger partial charge in [-0.2, -0.15) is 0 Å². The molecule has 1 aliphatic heterocycles. The summed E-state index contributed by atoms with van der Waals surface area (Å²) in [5, 5.41) is 1.86. The van der Waals surface area contributed by atoms with Gasteiger partial charge in [0.1, 0.15) is 0 Å². The lowest BCUT2D eigenvalue weighted by atomic mass is 10.1. The molecule has 0 aliphatic carbocycles. The Balaban J connectivity index is 1.61. The third kappa shape index (κ3) is 4.68. The van der Waals surface area contributed by atoms with Crippen LogP contribution >= 0.6 is 11.8 Å². The van der Waals surface area contributed by atoms with Gasteiger partial charge in [0.05, 0.1) is 4.91 Å². The van der Waals surface area contributed by atoms with Gasteiger partial charge < -0.3 is 5.32 Å². The minimum absolute atomic E-state index is 0.117. The number of nitrogens with one attached hydrogen (secondary N) is 1. The van der Waals surface area contributed by atoms with Crippen LogP contribution in [0.4, 0.5) is 18.0 Å². The largest absolute Gasteiger partial charge is 0.350 e. The van der Waals surface area contributed by atoms with E-state index in [4.69, 9.17) is 0 Å². The summed E-state index contributed by atoms with van der Waals surface area (Å²) in [6.07, 6.45) is 1.60. The zero-order valence-electron chi connectivity index (χ0n) is 15.2. The number of rotatable bonds is 5. The average molecular weight is 420 g/mol. The molecule has 0 spiro atoms. The molecule has 0 bridgehead atoms. The highest BCUT2D eigenvalue weighted by atomic mass is 32.2. The van der Waals surface area contributed by atoms with E-state index in [0.717, 1.165) is 27.8 Å². The van der Waals surface area contributed by atoms with Crippen molar-refractivity contribution in [3.05, 3.63) is 75.4 Å². The van der Waals surface area contributed by atoms with Crippen molar-refractivity contribution in [2.75, 3.05) is 13.1 Å². The maximum Gasteiger partial charge on any atom is 0.293 e. The summed E-state index contributed by atoms with van der Waals surface area (Å²) in [5.74, 6) is -5.98. The molecule has 2 aromatic carbocycles. The van der Waals surface area contributed by atoms with Gasteiger partial charge in [0.15, 0.2) is 17.5 Å². The highest BCUT2D eigenvalue weighted by Gasteiger charge is 2.34. The van der Waals surface area contributed by atoms with Crippen LogP contribution in [-0.4, -0.2) is 35.0 Å². The SMILES string of the molecule is Cc1ccc(C=C2SC(=O)N(CCNC(=O)c3cc(F)c(F)c(F)c3)C2=O)cc1. The number of amides is 3. The highest BCUT2D eigenvalue weighted by Crippen LogP contribution is 2.31. The Kier molecular flexibility index (Phi) is 6.07. The Hall–Kier alpha value is -3.07. The van der Waals surface area contributed by atoms with Crippen molar-refractivity contribution in [3.8, 4) is 0 Å². The van der Waals surface area contributed by atoms with Gasteiger partial charge >= 0.3 is 0 Å². The number of aryl methyl sites for hydroxylation is 1. The molecule has 3 rings (SSSR count). The predicted octanol–water partition coefficient (Wildman–Crippen LogP) is 3.88. The van der Waals surface area contributed by atoms with Crippen LogP contribution in [0, 0.1) is 24.4 Å². The van der Waals surface area contributed by atoms with Gasteiger partial charge in [-0.05, 0) is 42.5 Å². The third-order valence-corrected chi connectivity index (χ3v) is 5.02. The van der Waals surface area contributed by atoms with Gasteiger partial charge in [0.2, 0.25) is 0 Å². The van der Waals surface area contributed by atoms with Crippen LogP contribution in [0.25, 0.3) is 6.08 Å². The van der Waals surface area contributed by atoms with Crippen molar-refractivity contribution in [2.24, 2.45) is 0 Å². The smallest absolute Gasteiger partial charge is 0.293 e. The minimum atomic E-state index is -1.67. The molecule has 3 amide bonds. The predicted molar refractivity (Wildman–Crippen MR) is 103 cm³/mol. The number of halogens is 3.